The van der Waals surface area contributed by atoms with E-state index in [1.54, 1.807) is 13.3 Å². The van der Waals surface area contributed by atoms with E-state index in [4.69, 9.17) is 10.5 Å². The Morgan fingerprint density at radius 3 is 2.87 bits per heavy atom. The van der Waals surface area contributed by atoms with Crippen molar-refractivity contribution >= 4 is 23.4 Å². The second-order valence-electron chi connectivity index (χ2n) is 5.38. The molecule has 1 heterocycles. The topological polar surface area (TPSA) is 73.1 Å². The zero-order valence-corrected chi connectivity index (χ0v) is 14.0. The summed E-state index contributed by atoms with van der Waals surface area (Å²) in [5, 5.41) is 3.25. The number of hydrogen-bond donors (Lipinski definition) is 2. The van der Waals surface area contributed by atoms with Gasteiger partial charge in [-0.05, 0) is 43.2 Å². The van der Waals surface area contributed by atoms with E-state index in [9.17, 15) is 0 Å². The molecule has 0 aliphatic carbocycles. The van der Waals surface area contributed by atoms with Crippen LogP contribution < -0.4 is 15.8 Å². The van der Waals surface area contributed by atoms with E-state index in [1.165, 1.54) is 12.8 Å². The van der Waals surface area contributed by atoms with Gasteiger partial charge in [0.1, 0.15) is 5.75 Å². The molecule has 23 heavy (non-hydrogen) atoms. The molecule has 0 saturated carbocycles. The molecule has 0 amide bonds. The zero-order chi connectivity index (χ0) is 16.7. The van der Waals surface area contributed by atoms with Crippen LogP contribution in [0.25, 0.3) is 6.08 Å². The summed E-state index contributed by atoms with van der Waals surface area (Å²) in [6.45, 7) is 4.18. The third kappa shape index (κ3) is 4.71. The number of nitrogens with zero attached hydrogens (tertiary/aromatic N) is 2. The van der Waals surface area contributed by atoms with Crippen molar-refractivity contribution in [3.8, 4) is 5.75 Å². The van der Waals surface area contributed by atoms with Crippen LogP contribution in [0.1, 0.15) is 37.4 Å². The Labute approximate surface area is 137 Å². The predicted molar refractivity (Wildman–Crippen MR) is 96.0 cm³/mol. The van der Waals surface area contributed by atoms with Crippen molar-refractivity contribution in [2.75, 3.05) is 18.2 Å². The Morgan fingerprint density at radius 2 is 2.17 bits per heavy atom. The quantitative estimate of drug-likeness (QED) is 0.745. The standard InChI is InChI=1S/C18H24N4O/c1-4-5-6-7-8-14-12-20-17(19)18(21-14)22-16-10-9-15(23-3)11-13(16)2/h7-12H,4-6H2,1-3H3,(H2,19,20)(H,21,22)/b8-7+. The maximum absolute atomic E-state index is 5.93. The van der Waals surface area contributed by atoms with Crippen molar-refractivity contribution in [2.45, 2.75) is 33.1 Å². The number of aromatic nitrogens is 2. The Bertz CT molecular complexity index is 683. The van der Waals surface area contributed by atoms with Crippen LogP contribution in [0.5, 0.6) is 5.75 Å². The van der Waals surface area contributed by atoms with Crippen molar-refractivity contribution in [2.24, 2.45) is 0 Å². The fourth-order valence-corrected chi connectivity index (χ4v) is 2.14. The molecular formula is C18H24N4O. The maximum Gasteiger partial charge on any atom is 0.173 e. The first-order valence-electron chi connectivity index (χ1n) is 7.84. The van der Waals surface area contributed by atoms with Crippen LogP contribution in [0.3, 0.4) is 0 Å². The number of nitrogens with two attached hydrogens (primary N) is 1. The Hall–Kier alpha value is -2.56. The fourth-order valence-electron chi connectivity index (χ4n) is 2.14. The summed E-state index contributed by atoms with van der Waals surface area (Å²) in [4.78, 5) is 8.75. The number of methoxy groups -OCH3 is 1. The van der Waals surface area contributed by atoms with E-state index >= 15 is 0 Å². The molecule has 3 N–H and O–H groups in total. The van der Waals surface area contributed by atoms with Crippen molar-refractivity contribution in [3.63, 3.8) is 0 Å². The first kappa shape index (κ1) is 16.8. The summed E-state index contributed by atoms with van der Waals surface area (Å²) in [5.74, 6) is 1.77. The van der Waals surface area contributed by atoms with Crippen molar-refractivity contribution in [3.05, 3.63) is 41.7 Å². The number of anilines is 3. The molecule has 5 heteroatoms. The molecular weight excluding hydrogens is 288 g/mol. The van der Waals surface area contributed by atoms with E-state index in [1.807, 2.05) is 31.2 Å². The number of nitrogens with one attached hydrogen (secondary N) is 1. The molecule has 0 saturated heterocycles. The molecule has 0 radical (unpaired) electrons. The average molecular weight is 312 g/mol. The molecule has 2 aromatic rings. The predicted octanol–water partition coefficient (Wildman–Crippen LogP) is 4.32. The van der Waals surface area contributed by atoms with Crippen LogP contribution in [0.4, 0.5) is 17.3 Å². The second-order valence-corrected chi connectivity index (χ2v) is 5.38. The SMILES string of the molecule is CCCC/C=C/c1cnc(N)c(Nc2ccc(OC)cc2C)n1. The number of nitrogen functional groups attached to an aromatic ring is 1. The lowest BCUT2D eigenvalue weighted by atomic mass is 10.2. The molecule has 0 bridgehead atoms. The molecule has 0 atom stereocenters. The smallest absolute Gasteiger partial charge is 0.173 e. The van der Waals surface area contributed by atoms with Gasteiger partial charge in [0.2, 0.25) is 0 Å². The van der Waals surface area contributed by atoms with Gasteiger partial charge in [-0.3, -0.25) is 0 Å². The minimum atomic E-state index is 0.380. The van der Waals surface area contributed by atoms with E-state index in [2.05, 4.69) is 28.3 Å². The van der Waals surface area contributed by atoms with Gasteiger partial charge in [-0.25, -0.2) is 9.97 Å². The van der Waals surface area contributed by atoms with Crippen LogP contribution in [0.15, 0.2) is 30.5 Å². The number of rotatable bonds is 7. The minimum Gasteiger partial charge on any atom is -0.497 e. The Balaban J connectivity index is 2.17. The van der Waals surface area contributed by atoms with Gasteiger partial charge < -0.3 is 15.8 Å². The normalized spacial score (nSPS) is 10.9. The first-order chi connectivity index (χ1) is 11.1. The molecule has 0 aliphatic heterocycles. The van der Waals surface area contributed by atoms with E-state index in [0.717, 1.165) is 29.1 Å². The monoisotopic (exact) mass is 312 g/mol. The molecule has 5 nitrogen and oxygen atoms in total. The highest BCUT2D eigenvalue weighted by molar-refractivity contribution is 5.69. The second kappa shape index (κ2) is 8.17. The van der Waals surface area contributed by atoms with Gasteiger partial charge in [-0.2, -0.15) is 0 Å². The van der Waals surface area contributed by atoms with Crippen molar-refractivity contribution in [1.29, 1.82) is 0 Å². The van der Waals surface area contributed by atoms with Crippen LogP contribution in [-0.4, -0.2) is 17.1 Å². The lowest BCUT2D eigenvalue weighted by molar-refractivity contribution is 0.414. The van der Waals surface area contributed by atoms with Gasteiger partial charge in [0.25, 0.3) is 0 Å². The Morgan fingerprint density at radius 1 is 1.35 bits per heavy atom. The number of allylic oxidation sites excluding steroid dienone is 1. The molecule has 1 aromatic carbocycles. The maximum atomic E-state index is 5.93. The average Bonchev–Trinajstić information content (AvgIpc) is 2.56. The highest BCUT2D eigenvalue weighted by Gasteiger charge is 2.06. The fraction of sp³-hybridized carbons (Fsp3) is 0.333. The van der Waals surface area contributed by atoms with Gasteiger partial charge in [0.15, 0.2) is 11.6 Å². The van der Waals surface area contributed by atoms with Crippen molar-refractivity contribution in [1.82, 2.24) is 9.97 Å². The largest absolute Gasteiger partial charge is 0.497 e. The first-order valence-corrected chi connectivity index (χ1v) is 7.84. The van der Waals surface area contributed by atoms with Crippen LogP contribution in [0, 0.1) is 6.92 Å². The molecule has 1 aromatic heterocycles. The summed E-state index contributed by atoms with van der Waals surface area (Å²) in [6, 6.07) is 5.80. The van der Waals surface area contributed by atoms with E-state index in [0.29, 0.717) is 11.6 Å². The van der Waals surface area contributed by atoms with Gasteiger partial charge in [0, 0.05) is 5.69 Å². The lowest BCUT2D eigenvalue weighted by Crippen LogP contribution is -2.03. The summed E-state index contributed by atoms with van der Waals surface area (Å²) >= 11 is 0. The molecule has 0 spiro atoms. The van der Waals surface area contributed by atoms with Gasteiger partial charge in [-0.1, -0.05) is 25.8 Å². The number of benzene rings is 1. The molecule has 0 fully saturated rings. The summed E-state index contributed by atoms with van der Waals surface area (Å²) in [6.07, 6.45) is 9.18. The summed E-state index contributed by atoms with van der Waals surface area (Å²) in [5.41, 5.74) is 8.71. The van der Waals surface area contributed by atoms with Gasteiger partial charge in [0.05, 0.1) is 19.0 Å². The molecule has 0 aliphatic rings. The highest BCUT2D eigenvalue weighted by Crippen LogP contribution is 2.25. The minimum absolute atomic E-state index is 0.380. The highest BCUT2D eigenvalue weighted by atomic mass is 16.5. The molecule has 0 unspecified atom stereocenters. The number of unbranched alkanes of at least 4 members (excludes halogenated alkanes) is 2. The zero-order valence-electron chi connectivity index (χ0n) is 14.0. The van der Waals surface area contributed by atoms with Crippen LogP contribution in [0.2, 0.25) is 0 Å². The Kier molecular flexibility index (Phi) is 5.97. The summed E-state index contributed by atoms with van der Waals surface area (Å²) in [7, 11) is 1.65. The van der Waals surface area contributed by atoms with Crippen LogP contribution >= 0.6 is 0 Å². The molecule has 122 valence electrons. The van der Waals surface area contributed by atoms with Gasteiger partial charge >= 0.3 is 0 Å². The van der Waals surface area contributed by atoms with E-state index < -0.39 is 0 Å². The number of hydrogen-bond acceptors (Lipinski definition) is 5. The number of ether oxygens (including phenoxy) is 1. The third-order valence-electron chi connectivity index (χ3n) is 3.52. The van der Waals surface area contributed by atoms with Crippen LogP contribution in [-0.2, 0) is 0 Å². The lowest BCUT2D eigenvalue weighted by Gasteiger charge is -2.12. The third-order valence-corrected chi connectivity index (χ3v) is 3.52. The van der Waals surface area contributed by atoms with Gasteiger partial charge in [-0.15, -0.1) is 0 Å². The van der Waals surface area contributed by atoms with E-state index in [-0.39, 0.29) is 0 Å². The van der Waals surface area contributed by atoms with Crippen molar-refractivity contribution < 1.29 is 4.74 Å². The number of aryl methyl sites for hydroxylation is 1. The summed E-state index contributed by atoms with van der Waals surface area (Å²) < 4.78 is 5.22. The molecule has 2 rings (SSSR count).